The molecule has 0 aromatic heterocycles. The summed E-state index contributed by atoms with van der Waals surface area (Å²) in [7, 11) is -2.43. The molecule has 32 heavy (non-hydrogen) atoms. The summed E-state index contributed by atoms with van der Waals surface area (Å²) in [6.07, 6.45) is 0. The van der Waals surface area contributed by atoms with E-state index in [0.29, 0.717) is 22.3 Å². The van der Waals surface area contributed by atoms with Crippen LogP contribution in [0.1, 0.15) is 48.2 Å². The summed E-state index contributed by atoms with van der Waals surface area (Å²) in [5, 5.41) is 23.5. The third-order valence-electron chi connectivity index (χ3n) is 4.20. The highest BCUT2D eigenvalue weighted by molar-refractivity contribution is 7.33. The van der Waals surface area contributed by atoms with Gasteiger partial charge in [0.05, 0.1) is 12.1 Å². The Bertz CT molecular complexity index is 993. The highest BCUT2D eigenvalue weighted by Gasteiger charge is 2.22. The minimum atomic E-state index is -2.43. The fraction of sp³-hybridized carbons (Fsp3) is 0.273. The highest BCUT2D eigenvalue weighted by Crippen LogP contribution is 2.28. The second-order valence-corrected chi connectivity index (χ2v) is 7.75. The van der Waals surface area contributed by atoms with Crippen LogP contribution in [0.25, 0.3) is 0 Å². The maximum absolute atomic E-state index is 12.1. The van der Waals surface area contributed by atoms with Gasteiger partial charge in [-0.25, -0.2) is 0 Å². The Morgan fingerprint density at radius 1 is 0.875 bits per heavy atom. The number of amides is 2. The molecule has 2 amide bonds. The third-order valence-corrected chi connectivity index (χ3v) is 4.88. The van der Waals surface area contributed by atoms with Gasteiger partial charge in [0.25, 0.3) is 0 Å². The summed E-state index contributed by atoms with van der Waals surface area (Å²) in [6.45, 7) is 2.63. The van der Waals surface area contributed by atoms with Gasteiger partial charge in [-0.15, -0.1) is 9.05 Å². The van der Waals surface area contributed by atoms with Crippen molar-refractivity contribution >= 4 is 20.1 Å². The molecule has 0 aliphatic heterocycles. The van der Waals surface area contributed by atoms with Crippen LogP contribution in [0.4, 0.5) is 0 Å². The van der Waals surface area contributed by atoms with Crippen LogP contribution in [0.5, 0.6) is 0 Å². The second kappa shape index (κ2) is 12.3. The van der Waals surface area contributed by atoms with Crippen LogP contribution >= 0.6 is 8.25 Å². The molecule has 2 aromatic carbocycles. The molecule has 10 heteroatoms. The predicted octanol–water partition coefficient (Wildman–Crippen LogP) is 3.48. The van der Waals surface area contributed by atoms with Gasteiger partial charge < -0.3 is 10.6 Å². The van der Waals surface area contributed by atoms with Crippen LogP contribution in [0, 0.1) is 22.7 Å². The molecule has 0 fully saturated rings. The standard InChI is InChI=1S/C22H21N4O5P/c1-15(27)25-21(11-23)19-7-3-5-17(9-19)13-30-32(29)31-14-18-6-4-8-20(10-18)22(12-24)26-16(2)28/h3-10,21-22H,13-14H2,1-2H3,(H-,25,26,27,28)/p+1. The van der Waals surface area contributed by atoms with Crippen molar-refractivity contribution in [1.29, 1.82) is 10.5 Å². The van der Waals surface area contributed by atoms with Gasteiger partial charge in [0.1, 0.15) is 25.3 Å². The summed E-state index contributed by atoms with van der Waals surface area (Å²) in [6, 6.07) is 16.1. The average molecular weight is 453 g/mol. The van der Waals surface area contributed by atoms with Crippen LogP contribution in [0.3, 0.4) is 0 Å². The maximum Gasteiger partial charge on any atom is 0.698 e. The third kappa shape index (κ3) is 7.90. The van der Waals surface area contributed by atoms with E-state index in [2.05, 4.69) is 10.6 Å². The summed E-state index contributed by atoms with van der Waals surface area (Å²) in [5.41, 5.74) is 2.49. The highest BCUT2D eigenvalue weighted by atomic mass is 31.1. The van der Waals surface area contributed by atoms with Gasteiger partial charge in [-0.05, 0) is 22.3 Å². The second-order valence-electron chi connectivity index (χ2n) is 6.79. The van der Waals surface area contributed by atoms with Crippen molar-refractivity contribution in [2.24, 2.45) is 0 Å². The van der Waals surface area contributed by atoms with Crippen molar-refractivity contribution in [2.45, 2.75) is 39.1 Å². The SMILES string of the molecule is CC(=O)NC(C#N)c1cccc(CO[P+](=O)OCc2cccc(C(C#N)NC(C)=O)c2)c1. The van der Waals surface area contributed by atoms with Gasteiger partial charge in [-0.3, -0.25) is 9.59 Å². The number of carbonyl (C=O) groups excluding carboxylic acids is 2. The van der Waals surface area contributed by atoms with Gasteiger partial charge >= 0.3 is 8.25 Å². The topological polar surface area (TPSA) is 141 Å². The number of carbonyl (C=O) groups is 2. The van der Waals surface area contributed by atoms with Crippen LogP contribution in [0.15, 0.2) is 48.5 Å². The number of nitriles is 2. The van der Waals surface area contributed by atoms with E-state index < -0.39 is 20.3 Å². The Hall–Kier alpha value is -3.62. The number of hydrogen-bond donors (Lipinski definition) is 2. The van der Waals surface area contributed by atoms with E-state index in [1.165, 1.54) is 13.8 Å². The lowest BCUT2D eigenvalue weighted by Gasteiger charge is -2.11. The molecule has 0 bridgehead atoms. The molecule has 2 aromatic rings. The Balaban J connectivity index is 1.92. The molecule has 0 saturated carbocycles. The Morgan fingerprint density at radius 3 is 1.62 bits per heavy atom. The van der Waals surface area contributed by atoms with Crippen molar-refractivity contribution < 1.29 is 23.2 Å². The van der Waals surface area contributed by atoms with E-state index >= 15 is 0 Å². The van der Waals surface area contributed by atoms with Gasteiger partial charge in [0.15, 0.2) is 0 Å². The predicted molar refractivity (Wildman–Crippen MR) is 114 cm³/mol. The maximum atomic E-state index is 12.1. The van der Waals surface area contributed by atoms with Crippen molar-refractivity contribution in [2.75, 3.05) is 0 Å². The van der Waals surface area contributed by atoms with Crippen LogP contribution in [0.2, 0.25) is 0 Å². The van der Waals surface area contributed by atoms with E-state index in [0.717, 1.165) is 0 Å². The minimum Gasteiger partial charge on any atom is -0.337 e. The van der Waals surface area contributed by atoms with Crippen molar-refractivity contribution in [3.8, 4) is 12.1 Å². The Kier molecular flexibility index (Phi) is 9.46. The number of nitrogens with one attached hydrogen (secondary N) is 2. The van der Waals surface area contributed by atoms with Gasteiger partial charge in [0.2, 0.25) is 11.8 Å². The molecular weight excluding hydrogens is 431 g/mol. The molecule has 9 nitrogen and oxygen atoms in total. The van der Waals surface area contributed by atoms with Gasteiger partial charge in [0, 0.05) is 18.4 Å². The molecule has 2 rings (SSSR count). The fourth-order valence-electron chi connectivity index (χ4n) is 2.80. The van der Waals surface area contributed by atoms with Crippen LogP contribution in [-0.4, -0.2) is 11.8 Å². The van der Waals surface area contributed by atoms with E-state index in [-0.39, 0.29) is 25.0 Å². The zero-order valence-corrected chi connectivity index (χ0v) is 18.5. The quantitative estimate of drug-likeness (QED) is 0.525. The molecular formula is C22H22N4O5P+. The normalized spacial score (nSPS) is 12.6. The van der Waals surface area contributed by atoms with Crippen LogP contribution < -0.4 is 10.6 Å². The molecule has 164 valence electrons. The van der Waals surface area contributed by atoms with E-state index in [4.69, 9.17) is 9.05 Å². The number of nitrogens with zero attached hydrogens (tertiary/aromatic N) is 2. The van der Waals surface area contributed by atoms with Gasteiger partial charge in [-0.1, -0.05) is 48.5 Å². The molecule has 0 heterocycles. The fourth-order valence-corrected chi connectivity index (χ4v) is 3.39. The minimum absolute atomic E-state index is 0.0136. The van der Waals surface area contributed by atoms with Crippen molar-refractivity contribution in [3.05, 3.63) is 70.8 Å². The first-order valence-electron chi connectivity index (χ1n) is 9.56. The zero-order valence-electron chi connectivity index (χ0n) is 17.6. The summed E-state index contributed by atoms with van der Waals surface area (Å²) >= 11 is 0. The number of hydrogen-bond acceptors (Lipinski definition) is 7. The lowest BCUT2D eigenvalue weighted by molar-refractivity contribution is -0.120. The molecule has 2 unspecified atom stereocenters. The largest absolute Gasteiger partial charge is 0.698 e. The molecule has 2 atom stereocenters. The average Bonchev–Trinajstić information content (AvgIpc) is 2.78. The first-order chi connectivity index (χ1) is 15.3. The van der Waals surface area contributed by atoms with Crippen molar-refractivity contribution in [3.63, 3.8) is 0 Å². The van der Waals surface area contributed by atoms with E-state index in [1.807, 2.05) is 12.1 Å². The summed E-state index contributed by atoms with van der Waals surface area (Å²) < 4.78 is 22.6. The summed E-state index contributed by atoms with van der Waals surface area (Å²) in [5.74, 6) is -0.645. The number of benzene rings is 2. The Labute approximate surface area is 186 Å². The smallest absolute Gasteiger partial charge is 0.337 e. The lowest BCUT2D eigenvalue weighted by atomic mass is 10.1. The molecule has 0 saturated heterocycles. The molecule has 2 N–H and O–H groups in total. The first kappa shape index (κ1) is 24.6. The van der Waals surface area contributed by atoms with Crippen LogP contribution in [-0.2, 0) is 36.4 Å². The van der Waals surface area contributed by atoms with E-state index in [1.54, 1.807) is 48.5 Å². The molecule has 0 aliphatic rings. The number of rotatable bonds is 10. The molecule has 0 radical (unpaired) electrons. The molecule has 0 aliphatic carbocycles. The Morgan fingerprint density at radius 2 is 1.28 bits per heavy atom. The van der Waals surface area contributed by atoms with Crippen molar-refractivity contribution in [1.82, 2.24) is 10.6 Å². The first-order valence-corrected chi connectivity index (χ1v) is 10.7. The van der Waals surface area contributed by atoms with Gasteiger partial charge in [-0.2, -0.15) is 10.5 Å². The molecule has 0 spiro atoms. The summed E-state index contributed by atoms with van der Waals surface area (Å²) in [4.78, 5) is 22.4. The zero-order chi connectivity index (χ0) is 23.5. The monoisotopic (exact) mass is 453 g/mol. The lowest BCUT2D eigenvalue weighted by Crippen LogP contribution is -2.24. The van der Waals surface area contributed by atoms with E-state index in [9.17, 15) is 24.7 Å².